The molecule has 1 saturated heterocycles. The monoisotopic (exact) mass is 342 g/mol. The zero-order valence-corrected chi connectivity index (χ0v) is 14.5. The molecule has 1 atom stereocenters. The van der Waals surface area contributed by atoms with Gasteiger partial charge in [-0.3, -0.25) is 9.69 Å². The summed E-state index contributed by atoms with van der Waals surface area (Å²) in [5.41, 5.74) is -0.136. The van der Waals surface area contributed by atoms with Crippen LogP contribution in [0.4, 0.5) is 4.79 Å². The number of halogens is 2. The number of nitrogens with zero attached hydrogens (tertiary/aromatic N) is 1. The van der Waals surface area contributed by atoms with E-state index < -0.39 is 5.54 Å². The first-order valence-corrected chi connectivity index (χ1v) is 8.06. The number of urea groups is 1. The van der Waals surface area contributed by atoms with Crippen molar-refractivity contribution in [2.24, 2.45) is 5.92 Å². The number of hydrogen-bond donors (Lipinski definition) is 1. The van der Waals surface area contributed by atoms with E-state index in [0.29, 0.717) is 27.9 Å². The molecule has 6 heteroatoms. The van der Waals surface area contributed by atoms with Crippen LogP contribution in [0, 0.1) is 5.92 Å². The Hall–Kier alpha value is -1.26. The van der Waals surface area contributed by atoms with Crippen molar-refractivity contribution in [1.82, 2.24) is 10.2 Å². The van der Waals surface area contributed by atoms with Gasteiger partial charge < -0.3 is 5.32 Å². The van der Waals surface area contributed by atoms with Crippen LogP contribution in [0.2, 0.25) is 10.0 Å². The highest BCUT2D eigenvalue weighted by molar-refractivity contribution is 6.35. The third-order valence-corrected chi connectivity index (χ3v) is 4.50. The van der Waals surface area contributed by atoms with Gasteiger partial charge in [-0.25, -0.2) is 4.79 Å². The lowest BCUT2D eigenvalue weighted by atomic mass is 9.92. The lowest BCUT2D eigenvalue weighted by Crippen LogP contribution is -2.44. The van der Waals surface area contributed by atoms with Crippen molar-refractivity contribution in [3.8, 4) is 0 Å². The molecule has 3 amide bonds. The van der Waals surface area contributed by atoms with Gasteiger partial charge in [0.2, 0.25) is 0 Å². The molecule has 1 heterocycles. The predicted molar refractivity (Wildman–Crippen MR) is 88.0 cm³/mol. The molecule has 2 rings (SSSR count). The Morgan fingerprint density at radius 2 is 1.95 bits per heavy atom. The summed E-state index contributed by atoms with van der Waals surface area (Å²) in [5, 5.41) is 3.77. The number of hydrogen-bond acceptors (Lipinski definition) is 2. The van der Waals surface area contributed by atoms with E-state index in [-0.39, 0.29) is 18.5 Å². The van der Waals surface area contributed by atoms with Crippen LogP contribution < -0.4 is 5.32 Å². The molecule has 1 N–H and O–H groups in total. The van der Waals surface area contributed by atoms with Crippen molar-refractivity contribution < 1.29 is 9.59 Å². The summed E-state index contributed by atoms with van der Waals surface area (Å²) in [6.07, 6.45) is 1.50. The molecule has 1 aliphatic heterocycles. The van der Waals surface area contributed by atoms with Crippen molar-refractivity contribution in [3.63, 3.8) is 0 Å². The molecule has 1 fully saturated rings. The molecule has 0 aromatic heterocycles. The largest absolute Gasteiger partial charge is 0.325 e. The fraction of sp³-hybridized carbons (Fsp3) is 0.500. The molecule has 1 aromatic rings. The van der Waals surface area contributed by atoms with E-state index in [1.807, 2.05) is 0 Å². The van der Waals surface area contributed by atoms with Gasteiger partial charge in [-0.05, 0) is 43.4 Å². The second-order valence-electron chi connectivity index (χ2n) is 6.32. The fourth-order valence-electron chi connectivity index (χ4n) is 2.46. The Morgan fingerprint density at radius 3 is 2.55 bits per heavy atom. The number of nitrogens with one attached hydrogen (secondary N) is 1. The number of imide groups is 1. The van der Waals surface area contributed by atoms with E-state index in [1.165, 1.54) is 4.90 Å². The number of amides is 3. The second-order valence-corrected chi connectivity index (χ2v) is 7.17. The summed E-state index contributed by atoms with van der Waals surface area (Å²) < 4.78 is 0. The molecule has 0 aliphatic carbocycles. The van der Waals surface area contributed by atoms with E-state index in [9.17, 15) is 9.59 Å². The lowest BCUT2D eigenvalue weighted by Gasteiger charge is -2.22. The summed E-state index contributed by atoms with van der Waals surface area (Å²) in [7, 11) is 0. The zero-order chi connectivity index (χ0) is 16.5. The van der Waals surface area contributed by atoms with Crippen molar-refractivity contribution in [1.29, 1.82) is 0 Å². The molecule has 1 aromatic carbocycles. The van der Waals surface area contributed by atoms with Crippen molar-refractivity contribution in [2.75, 3.05) is 0 Å². The third kappa shape index (κ3) is 3.55. The van der Waals surface area contributed by atoms with Crippen LogP contribution in [0.15, 0.2) is 18.2 Å². The maximum atomic E-state index is 12.6. The van der Waals surface area contributed by atoms with Crippen molar-refractivity contribution >= 4 is 35.1 Å². The van der Waals surface area contributed by atoms with Crippen molar-refractivity contribution in [3.05, 3.63) is 33.8 Å². The number of benzene rings is 1. The van der Waals surface area contributed by atoms with Gasteiger partial charge in [0.05, 0.1) is 6.54 Å². The van der Waals surface area contributed by atoms with E-state index in [4.69, 9.17) is 23.2 Å². The first-order valence-electron chi connectivity index (χ1n) is 7.31. The Bertz CT molecular complexity index is 604. The van der Waals surface area contributed by atoms with Crippen molar-refractivity contribution in [2.45, 2.75) is 45.7 Å². The first-order chi connectivity index (χ1) is 10.2. The van der Waals surface area contributed by atoms with Gasteiger partial charge in [0.25, 0.3) is 5.91 Å². The Morgan fingerprint density at radius 1 is 1.27 bits per heavy atom. The summed E-state index contributed by atoms with van der Waals surface area (Å²) in [4.78, 5) is 26.0. The Labute approximate surface area is 140 Å². The molecule has 120 valence electrons. The number of carbonyl (C=O) groups excluding carboxylic acids is 2. The van der Waals surface area contributed by atoms with E-state index in [1.54, 1.807) is 25.1 Å². The predicted octanol–water partition coefficient (Wildman–Crippen LogP) is 4.24. The fourth-order valence-corrected chi connectivity index (χ4v) is 2.93. The van der Waals surface area contributed by atoms with Crippen LogP contribution in [-0.4, -0.2) is 22.4 Å². The number of carbonyl (C=O) groups is 2. The topological polar surface area (TPSA) is 49.4 Å². The van der Waals surface area contributed by atoms with Crippen LogP contribution in [-0.2, 0) is 11.3 Å². The Kier molecular flexibility index (Phi) is 5.03. The standard InChI is InChI=1S/C16H20Cl2N2O2/c1-10(2)6-7-16(3)14(21)20(15(22)19-16)9-11-4-5-12(17)8-13(11)18/h4-5,8,10H,6-7,9H2,1-3H3,(H,19,22)/t16-/m1/s1. The zero-order valence-electron chi connectivity index (χ0n) is 13.0. The molecular formula is C16H20Cl2N2O2. The molecule has 0 spiro atoms. The molecule has 0 unspecified atom stereocenters. The highest BCUT2D eigenvalue weighted by atomic mass is 35.5. The average Bonchev–Trinajstić information content (AvgIpc) is 2.63. The lowest BCUT2D eigenvalue weighted by molar-refractivity contribution is -0.131. The minimum absolute atomic E-state index is 0.151. The van der Waals surface area contributed by atoms with Crippen LogP contribution in [0.25, 0.3) is 0 Å². The second kappa shape index (κ2) is 6.47. The minimum Gasteiger partial charge on any atom is -0.323 e. The third-order valence-electron chi connectivity index (χ3n) is 3.91. The van der Waals surface area contributed by atoms with Crippen LogP contribution in [0.3, 0.4) is 0 Å². The molecule has 22 heavy (non-hydrogen) atoms. The maximum Gasteiger partial charge on any atom is 0.325 e. The molecule has 4 nitrogen and oxygen atoms in total. The maximum absolute atomic E-state index is 12.6. The summed E-state index contributed by atoms with van der Waals surface area (Å²) >= 11 is 12.0. The quantitative estimate of drug-likeness (QED) is 0.813. The number of rotatable bonds is 5. The molecular weight excluding hydrogens is 323 g/mol. The SMILES string of the molecule is CC(C)CC[C@@]1(C)NC(=O)N(Cc2ccc(Cl)cc2Cl)C1=O. The van der Waals surface area contributed by atoms with Gasteiger partial charge in [0.1, 0.15) is 5.54 Å². The molecule has 1 aliphatic rings. The average molecular weight is 343 g/mol. The van der Waals surface area contributed by atoms with Gasteiger partial charge in [0, 0.05) is 10.0 Å². The Balaban J connectivity index is 2.15. The van der Waals surface area contributed by atoms with Crippen LogP contribution in [0.5, 0.6) is 0 Å². The van der Waals surface area contributed by atoms with E-state index in [0.717, 1.165) is 6.42 Å². The van der Waals surface area contributed by atoms with Gasteiger partial charge in [-0.1, -0.05) is 43.1 Å². The molecule has 0 saturated carbocycles. The van der Waals surface area contributed by atoms with Gasteiger partial charge >= 0.3 is 6.03 Å². The van der Waals surface area contributed by atoms with Crippen LogP contribution in [0.1, 0.15) is 39.2 Å². The van der Waals surface area contributed by atoms with Gasteiger partial charge in [-0.15, -0.1) is 0 Å². The summed E-state index contributed by atoms with van der Waals surface area (Å²) in [6.45, 7) is 6.11. The highest BCUT2D eigenvalue weighted by Crippen LogP contribution is 2.28. The first kappa shape index (κ1) is 17.1. The molecule has 0 bridgehead atoms. The van der Waals surface area contributed by atoms with Crippen LogP contribution >= 0.6 is 23.2 Å². The van der Waals surface area contributed by atoms with E-state index >= 15 is 0 Å². The van der Waals surface area contributed by atoms with Gasteiger partial charge in [-0.2, -0.15) is 0 Å². The summed E-state index contributed by atoms with van der Waals surface area (Å²) in [5.74, 6) is 0.269. The van der Waals surface area contributed by atoms with E-state index in [2.05, 4.69) is 19.2 Å². The summed E-state index contributed by atoms with van der Waals surface area (Å²) in [6, 6.07) is 4.66. The molecule has 0 radical (unpaired) electrons. The highest BCUT2D eigenvalue weighted by Gasteiger charge is 2.47. The van der Waals surface area contributed by atoms with Gasteiger partial charge in [0.15, 0.2) is 0 Å². The smallest absolute Gasteiger partial charge is 0.323 e. The minimum atomic E-state index is -0.833. The normalized spacial score (nSPS) is 21.6.